The van der Waals surface area contributed by atoms with Gasteiger partial charge in [0.05, 0.1) is 42.7 Å². The van der Waals surface area contributed by atoms with E-state index in [1.165, 1.54) is 14.2 Å². The largest absolute Gasteiger partial charge is 0.480 e. The van der Waals surface area contributed by atoms with Crippen LogP contribution in [0.4, 0.5) is 0 Å². The third-order valence-corrected chi connectivity index (χ3v) is 10.6. The first kappa shape index (κ1) is 44.6. The number of amides is 4. The minimum atomic E-state index is -1.14. The van der Waals surface area contributed by atoms with Crippen molar-refractivity contribution in [2.75, 3.05) is 34.9 Å². The molecule has 294 valence electrons. The average molecular weight is 732 g/mol. The first-order valence-electron chi connectivity index (χ1n) is 18.7. The maximum absolute atomic E-state index is 14.1. The molecule has 0 aromatic heterocycles. The Balaban J connectivity index is 2.26. The van der Waals surface area contributed by atoms with Gasteiger partial charge in [-0.15, -0.1) is 0 Å². The third-order valence-electron chi connectivity index (χ3n) is 10.6. The Bertz CT molecular complexity index is 1310. The molecule has 0 radical (unpaired) electrons. The molecule has 9 atom stereocenters. The summed E-state index contributed by atoms with van der Waals surface area (Å²) in [5.41, 5.74) is 0.785. The molecule has 2 rings (SSSR count). The maximum Gasteiger partial charge on any atom is 0.326 e. The number of nitrogens with one attached hydrogen (secondary N) is 3. The van der Waals surface area contributed by atoms with Crippen molar-refractivity contribution < 1.29 is 38.6 Å². The van der Waals surface area contributed by atoms with Gasteiger partial charge in [0.2, 0.25) is 23.6 Å². The summed E-state index contributed by atoms with van der Waals surface area (Å²) in [6.07, 6.45) is 0.818. The van der Waals surface area contributed by atoms with Gasteiger partial charge in [0.25, 0.3) is 0 Å². The number of carbonyl (C=O) groups is 5. The molecule has 1 fully saturated rings. The number of methoxy groups -OCH3 is 2. The van der Waals surface area contributed by atoms with Gasteiger partial charge in [-0.1, -0.05) is 85.2 Å². The number of hydrogen-bond acceptors (Lipinski definition) is 8. The average Bonchev–Trinajstić information content (AvgIpc) is 3.59. The van der Waals surface area contributed by atoms with Crippen LogP contribution in [0.15, 0.2) is 30.3 Å². The first-order valence-corrected chi connectivity index (χ1v) is 18.7. The van der Waals surface area contributed by atoms with Gasteiger partial charge in [-0.05, 0) is 43.2 Å². The molecule has 4 amide bonds. The number of carboxylic acids is 1. The number of likely N-dealkylation sites (N-methyl/N-ethyl adjacent to an activating group) is 2. The molecule has 1 aliphatic rings. The Morgan fingerprint density at radius 2 is 1.54 bits per heavy atom. The lowest BCUT2D eigenvalue weighted by molar-refractivity contribution is -0.148. The molecule has 1 heterocycles. The number of hydrogen-bond donors (Lipinski definition) is 4. The molecule has 1 aromatic rings. The topological polar surface area (TPSA) is 167 Å². The van der Waals surface area contributed by atoms with E-state index in [0.717, 1.165) is 12.0 Å². The highest BCUT2D eigenvalue weighted by Crippen LogP contribution is 2.29. The SMILES string of the molecule is CC[C@H](C)[C@@H]([C@@H](CC(=O)N1CCCC1[C@H](OC)[C@@H](C)C(=O)N[C@@H](Cc1ccccc1)C(=O)O)OC)N(C)C(=O)[C@@H](NC(=O)[C@@H](NC)C(C)C)C(C)C. The zero-order valence-corrected chi connectivity index (χ0v) is 33.2. The number of carboxylic acid groups (broad SMARTS) is 1. The van der Waals surface area contributed by atoms with Gasteiger partial charge in [0.1, 0.15) is 12.1 Å². The van der Waals surface area contributed by atoms with Crippen molar-refractivity contribution in [1.82, 2.24) is 25.8 Å². The van der Waals surface area contributed by atoms with Gasteiger partial charge in [0, 0.05) is 34.2 Å². The smallest absolute Gasteiger partial charge is 0.326 e. The summed E-state index contributed by atoms with van der Waals surface area (Å²) >= 11 is 0. The number of aliphatic carboxylic acids is 1. The number of rotatable bonds is 21. The summed E-state index contributed by atoms with van der Waals surface area (Å²) in [6, 6.07) is 5.84. The standard InChI is InChI=1S/C39H65N5O8/c1-12-25(6)34(43(9)38(48)33(24(4)5)42-37(47)32(40-8)23(2)3)30(51-10)22-31(45)44-20-16-19-29(44)35(52-11)26(7)36(46)41-28(39(49)50)21-27-17-14-13-15-18-27/h13-15,17-18,23-26,28-30,32-35,40H,12,16,19-22H2,1-11H3,(H,41,46)(H,42,47)(H,49,50)/t25-,26+,28-,29?,30+,32-,33-,34-,35+/m0/s1. The van der Waals surface area contributed by atoms with Crippen LogP contribution in [-0.2, 0) is 39.9 Å². The zero-order valence-electron chi connectivity index (χ0n) is 33.2. The molecule has 52 heavy (non-hydrogen) atoms. The number of carbonyl (C=O) groups excluding carboxylic acids is 4. The van der Waals surface area contributed by atoms with Gasteiger partial charge in [0.15, 0.2) is 0 Å². The van der Waals surface area contributed by atoms with E-state index >= 15 is 0 Å². The monoisotopic (exact) mass is 731 g/mol. The summed E-state index contributed by atoms with van der Waals surface area (Å²) in [7, 11) is 6.46. The maximum atomic E-state index is 14.1. The van der Waals surface area contributed by atoms with Crippen LogP contribution in [0, 0.1) is 23.7 Å². The van der Waals surface area contributed by atoms with Gasteiger partial charge in [-0.3, -0.25) is 19.2 Å². The van der Waals surface area contributed by atoms with Gasteiger partial charge < -0.3 is 40.3 Å². The van der Waals surface area contributed by atoms with Crippen LogP contribution < -0.4 is 16.0 Å². The minimum Gasteiger partial charge on any atom is -0.480 e. The normalized spacial score (nSPS) is 19.2. The molecule has 1 saturated heterocycles. The van der Waals surface area contributed by atoms with E-state index < -0.39 is 60.2 Å². The molecule has 0 bridgehead atoms. The van der Waals surface area contributed by atoms with Crippen molar-refractivity contribution in [2.45, 2.75) is 123 Å². The third kappa shape index (κ3) is 11.7. The van der Waals surface area contributed by atoms with Crippen molar-refractivity contribution in [2.24, 2.45) is 23.7 Å². The van der Waals surface area contributed by atoms with Crippen molar-refractivity contribution in [1.29, 1.82) is 0 Å². The van der Waals surface area contributed by atoms with Crippen LogP contribution >= 0.6 is 0 Å². The van der Waals surface area contributed by atoms with Crippen molar-refractivity contribution in [3.63, 3.8) is 0 Å². The fraction of sp³-hybridized carbons (Fsp3) is 0.718. The van der Waals surface area contributed by atoms with Crippen LogP contribution in [0.1, 0.15) is 79.7 Å². The predicted molar refractivity (Wildman–Crippen MR) is 200 cm³/mol. The second-order valence-corrected chi connectivity index (χ2v) is 14.9. The molecule has 0 aliphatic carbocycles. The zero-order chi connectivity index (χ0) is 39.3. The summed E-state index contributed by atoms with van der Waals surface area (Å²) in [5, 5.41) is 18.5. The Labute approximate surface area is 310 Å². The number of likely N-dealkylation sites (tertiary alicyclic amines) is 1. The molecular weight excluding hydrogens is 666 g/mol. The summed E-state index contributed by atoms with van der Waals surface area (Å²) in [5.74, 6) is -3.27. The molecule has 0 saturated carbocycles. The Kier molecular flexibility index (Phi) is 18.2. The van der Waals surface area contributed by atoms with Gasteiger partial charge >= 0.3 is 5.97 Å². The lowest BCUT2D eigenvalue weighted by Crippen LogP contribution is -2.59. The van der Waals surface area contributed by atoms with Crippen molar-refractivity contribution in [3.8, 4) is 0 Å². The molecule has 0 spiro atoms. The Morgan fingerprint density at radius 3 is 2.04 bits per heavy atom. The molecule has 1 aliphatic heterocycles. The Hall–Kier alpha value is -3.55. The van der Waals surface area contributed by atoms with Crippen LogP contribution in [0.25, 0.3) is 0 Å². The molecule has 13 nitrogen and oxygen atoms in total. The quantitative estimate of drug-likeness (QED) is 0.149. The summed E-state index contributed by atoms with van der Waals surface area (Å²) in [6.45, 7) is 13.9. The highest BCUT2D eigenvalue weighted by Gasteiger charge is 2.43. The van der Waals surface area contributed by atoms with E-state index in [1.807, 2.05) is 71.9 Å². The van der Waals surface area contributed by atoms with E-state index in [9.17, 15) is 29.1 Å². The van der Waals surface area contributed by atoms with E-state index in [1.54, 1.807) is 30.8 Å². The minimum absolute atomic E-state index is 0.0112. The van der Waals surface area contributed by atoms with Crippen molar-refractivity contribution >= 4 is 29.6 Å². The number of ether oxygens (including phenoxy) is 2. The lowest BCUT2D eigenvalue weighted by atomic mass is 9.89. The first-order chi connectivity index (χ1) is 24.5. The molecule has 1 unspecified atom stereocenters. The second kappa shape index (κ2) is 21.2. The number of nitrogens with zero attached hydrogens (tertiary/aromatic N) is 2. The fourth-order valence-corrected chi connectivity index (χ4v) is 7.40. The van der Waals surface area contributed by atoms with Crippen LogP contribution in [0.3, 0.4) is 0 Å². The van der Waals surface area contributed by atoms with E-state index in [-0.39, 0.29) is 48.3 Å². The predicted octanol–water partition coefficient (Wildman–Crippen LogP) is 3.10. The summed E-state index contributed by atoms with van der Waals surface area (Å²) in [4.78, 5) is 70.3. The van der Waals surface area contributed by atoms with Crippen LogP contribution in [0.5, 0.6) is 0 Å². The number of benzene rings is 1. The molecule has 13 heteroatoms. The highest BCUT2D eigenvalue weighted by molar-refractivity contribution is 5.90. The van der Waals surface area contributed by atoms with E-state index in [4.69, 9.17) is 9.47 Å². The van der Waals surface area contributed by atoms with Gasteiger partial charge in [-0.25, -0.2) is 4.79 Å². The molecule has 4 N–H and O–H groups in total. The molecular formula is C39H65N5O8. The van der Waals surface area contributed by atoms with E-state index in [0.29, 0.717) is 19.4 Å². The van der Waals surface area contributed by atoms with E-state index in [2.05, 4.69) is 16.0 Å². The highest BCUT2D eigenvalue weighted by atomic mass is 16.5. The fourth-order valence-electron chi connectivity index (χ4n) is 7.40. The van der Waals surface area contributed by atoms with Crippen LogP contribution in [0.2, 0.25) is 0 Å². The van der Waals surface area contributed by atoms with Crippen molar-refractivity contribution in [3.05, 3.63) is 35.9 Å². The second-order valence-electron chi connectivity index (χ2n) is 14.9. The lowest BCUT2D eigenvalue weighted by Gasteiger charge is -2.41. The van der Waals surface area contributed by atoms with Crippen LogP contribution in [-0.4, -0.2) is 122 Å². The summed E-state index contributed by atoms with van der Waals surface area (Å²) < 4.78 is 11.8. The Morgan fingerprint density at radius 1 is 0.923 bits per heavy atom. The van der Waals surface area contributed by atoms with Gasteiger partial charge in [-0.2, -0.15) is 0 Å². The molecule has 1 aromatic carbocycles.